The standard InChI is InChI=1S/C8H11F2N3/c9-5-1-4(7(12)3-11)2-6(10)8(5)13/h1-2,7H,3,11-13H2. The molecule has 72 valence electrons. The van der Waals surface area contributed by atoms with Crippen LogP contribution in [0.4, 0.5) is 14.5 Å². The molecule has 0 aromatic heterocycles. The zero-order valence-corrected chi connectivity index (χ0v) is 6.93. The maximum absolute atomic E-state index is 12.9. The highest BCUT2D eigenvalue weighted by Gasteiger charge is 2.11. The van der Waals surface area contributed by atoms with Gasteiger partial charge in [0.15, 0.2) is 0 Å². The van der Waals surface area contributed by atoms with Crippen LogP contribution in [0.25, 0.3) is 0 Å². The molecule has 13 heavy (non-hydrogen) atoms. The van der Waals surface area contributed by atoms with Crippen molar-refractivity contribution in [2.45, 2.75) is 6.04 Å². The first-order chi connectivity index (χ1) is 6.06. The van der Waals surface area contributed by atoms with Crippen LogP contribution in [0.15, 0.2) is 12.1 Å². The second-order valence-corrected chi connectivity index (χ2v) is 2.74. The summed E-state index contributed by atoms with van der Waals surface area (Å²) in [6.45, 7) is 0.128. The van der Waals surface area contributed by atoms with Crippen LogP contribution in [0.2, 0.25) is 0 Å². The normalized spacial score (nSPS) is 12.9. The largest absolute Gasteiger partial charge is 0.394 e. The van der Waals surface area contributed by atoms with Crippen LogP contribution in [0, 0.1) is 11.6 Å². The van der Waals surface area contributed by atoms with Crippen molar-refractivity contribution in [2.75, 3.05) is 12.3 Å². The van der Waals surface area contributed by atoms with E-state index >= 15 is 0 Å². The molecule has 0 heterocycles. The number of benzene rings is 1. The van der Waals surface area contributed by atoms with Gasteiger partial charge in [0.25, 0.3) is 0 Å². The molecule has 0 aliphatic rings. The van der Waals surface area contributed by atoms with Crippen molar-refractivity contribution in [1.29, 1.82) is 0 Å². The summed E-state index contributed by atoms with van der Waals surface area (Å²) in [5.41, 5.74) is 15.6. The molecule has 3 nitrogen and oxygen atoms in total. The van der Waals surface area contributed by atoms with Crippen molar-refractivity contribution in [1.82, 2.24) is 0 Å². The lowest BCUT2D eigenvalue weighted by Crippen LogP contribution is -2.21. The fourth-order valence-electron chi connectivity index (χ4n) is 0.954. The molecule has 1 unspecified atom stereocenters. The van der Waals surface area contributed by atoms with Crippen LogP contribution >= 0.6 is 0 Å². The summed E-state index contributed by atoms with van der Waals surface area (Å²) in [7, 11) is 0. The first-order valence-electron chi connectivity index (χ1n) is 3.76. The highest BCUT2D eigenvalue weighted by Crippen LogP contribution is 2.20. The van der Waals surface area contributed by atoms with Crippen LogP contribution in [0.3, 0.4) is 0 Å². The van der Waals surface area contributed by atoms with E-state index in [1.54, 1.807) is 0 Å². The van der Waals surface area contributed by atoms with Crippen molar-refractivity contribution in [2.24, 2.45) is 11.5 Å². The lowest BCUT2D eigenvalue weighted by atomic mass is 10.1. The molecule has 0 spiro atoms. The summed E-state index contributed by atoms with van der Waals surface area (Å²) < 4.78 is 25.8. The summed E-state index contributed by atoms with van der Waals surface area (Å²) in [6, 6.07) is 1.62. The number of rotatable bonds is 2. The smallest absolute Gasteiger partial charge is 0.149 e. The van der Waals surface area contributed by atoms with Crippen LogP contribution in [0.1, 0.15) is 11.6 Å². The molecule has 0 saturated heterocycles. The molecule has 1 atom stereocenters. The van der Waals surface area contributed by atoms with E-state index in [9.17, 15) is 8.78 Å². The molecule has 0 aliphatic carbocycles. The number of anilines is 1. The summed E-state index contributed by atoms with van der Waals surface area (Å²) in [4.78, 5) is 0. The Balaban J connectivity index is 3.13. The molecule has 0 saturated carbocycles. The van der Waals surface area contributed by atoms with Gasteiger partial charge in [0.1, 0.15) is 17.3 Å². The van der Waals surface area contributed by atoms with E-state index < -0.39 is 23.4 Å². The average Bonchev–Trinajstić information content (AvgIpc) is 2.12. The van der Waals surface area contributed by atoms with Gasteiger partial charge in [-0.15, -0.1) is 0 Å². The summed E-state index contributed by atoms with van der Waals surface area (Å²) in [6.07, 6.45) is 0. The van der Waals surface area contributed by atoms with Crippen molar-refractivity contribution in [3.8, 4) is 0 Å². The first-order valence-corrected chi connectivity index (χ1v) is 3.76. The quantitative estimate of drug-likeness (QED) is 0.590. The van der Waals surface area contributed by atoms with Gasteiger partial charge in [-0.2, -0.15) is 0 Å². The van der Waals surface area contributed by atoms with Gasteiger partial charge in [-0.3, -0.25) is 0 Å². The Hall–Kier alpha value is -1.20. The number of nitrogen functional groups attached to an aromatic ring is 1. The van der Waals surface area contributed by atoms with E-state index in [0.717, 1.165) is 12.1 Å². The molecule has 6 N–H and O–H groups in total. The van der Waals surface area contributed by atoms with Crippen molar-refractivity contribution < 1.29 is 8.78 Å². The van der Waals surface area contributed by atoms with Gasteiger partial charge in [0, 0.05) is 12.6 Å². The van der Waals surface area contributed by atoms with Gasteiger partial charge in [-0.25, -0.2) is 8.78 Å². The van der Waals surface area contributed by atoms with Crippen LogP contribution in [-0.2, 0) is 0 Å². The lowest BCUT2D eigenvalue weighted by Gasteiger charge is -2.10. The van der Waals surface area contributed by atoms with Gasteiger partial charge >= 0.3 is 0 Å². The third-order valence-corrected chi connectivity index (χ3v) is 1.78. The van der Waals surface area contributed by atoms with Crippen LogP contribution in [-0.4, -0.2) is 6.54 Å². The Morgan fingerprint density at radius 2 is 1.69 bits per heavy atom. The predicted molar refractivity (Wildman–Crippen MR) is 46.8 cm³/mol. The minimum absolute atomic E-state index is 0.128. The fourth-order valence-corrected chi connectivity index (χ4v) is 0.954. The van der Waals surface area contributed by atoms with Gasteiger partial charge in [-0.1, -0.05) is 0 Å². The highest BCUT2D eigenvalue weighted by molar-refractivity contribution is 5.43. The van der Waals surface area contributed by atoms with E-state index in [-0.39, 0.29) is 6.54 Å². The summed E-state index contributed by atoms with van der Waals surface area (Å²) >= 11 is 0. The fraction of sp³-hybridized carbons (Fsp3) is 0.250. The van der Waals surface area contributed by atoms with E-state index in [2.05, 4.69) is 0 Å². The molecule has 0 radical (unpaired) electrons. The maximum Gasteiger partial charge on any atom is 0.149 e. The Morgan fingerprint density at radius 1 is 1.23 bits per heavy atom. The summed E-state index contributed by atoms with van der Waals surface area (Å²) in [5.74, 6) is -1.61. The molecular formula is C8H11F2N3. The lowest BCUT2D eigenvalue weighted by molar-refractivity contribution is 0.582. The average molecular weight is 187 g/mol. The Bertz CT molecular complexity index is 291. The number of hydrogen-bond donors (Lipinski definition) is 3. The first kappa shape index (κ1) is 9.88. The van der Waals surface area contributed by atoms with Crippen LogP contribution < -0.4 is 17.2 Å². The monoisotopic (exact) mass is 187 g/mol. The number of halogens is 2. The minimum Gasteiger partial charge on any atom is -0.394 e. The Morgan fingerprint density at radius 3 is 2.08 bits per heavy atom. The van der Waals surface area contributed by atoms with Crippen molar-refractivity contribution in [3.05, 3.63) is 29.3 Å². The molecule has 0 aliphatic heterocycles. The highest BCUT2D eigenvalue weighted by atomic mass is 19.1. The third kappa shape index (κ3) is 1.93. The van der Waals surface area contributed by atoms with Gasteiger partial charge < -0.3 is 17.2 Å². The third-order valence-electron chi connectivity index (χ3n) is 1.78. The van der Waals surface area contributed by atoms with Gasteiger partial charge in [0.2, 0.25) is 0 Å². The molecule has 0 fully saturated rings. The zero-order chi connectivity index (χ0) is 10.0. The minimum atomic E-state index is -0.807. The van der Waals surface area contributed by atoms with Gasteiger partial charge in [0.05, 0.1) is 0 Å². The van der Waals surface area contributed by atoms with Crippen molar-refractivity contribution >= 4 is 5.69 Å². The molecule has 5 heteroatoms. The molecule has 1 rings (SSSR count). The zero-order valence-electron chi connectivity index (χ0n) is 6.93. The van der Waals surface area contributed by atoms with E-state index in [1.807, 2.05) is 0 Å². The van der Waals surface area contributed by atoms with E-state index in [0.29, 0.717) is 5.56 Å². The predicted octanol–water partition coefficient (Wildman–Crippen LogP) is 0.506. The second-order valence-electron chi connectivity index (χ2n) is 2.74. The van der Waals surface area contributed by atoms with E-state index in [4.69, 9.17) is 17.2 Å². The summed E-state index contributed by atoms with van der Waals surface area (Å²) in [5, 5.41) is 0. The van der Waals surface area contributed by atoms with E-state index in [1.165, 1.54) is 0 Å². The Labute approximate surface area is 74.5 Å². The molecular weight excluding hydrogens is 176 g/mol. The van der Waals surface area contributed by atoms with Crippen molar-refractivity contribution in [3.63, 3.8) is 0 Å². The molecule has 0 amide bonds. The van der Waals surface area contributed by atoms with Crippen LogP contribution in [0.5, 0.6) is 0 Å². The molecule has 1 aromatic carbocycles. The number of hydrogen-bond acceptors (Lipinski definition) is 3. The topological polar surface area (TPSA) is 78.1 Å². The molecule has 0 bridgehead atoms. The van der Waals surface area contributed by atoms with Gasteiger partial charge in [-0.05, 0) is 17.7 Å². The maximum atomic E-state index is 12.9. The Kier molecular flexibility index (Phi) is 2.79. The SMILES string of the molecule is NCC(N)c1cc(F)c(N)c(F)c1. The second kappa shape index (κ2) is 3.68. The molecule has 1 aromatic rings. The number of nitrogens with two attached hydrogens (primary N) is 3.